The highest BCUT2D eigenvalue weighted by Crippen LogP contribution is 2.12. The van der Waals surface area contributed by atoms with Gasteiger partial charge in [-0.2, -0.15) is 0 Å². The fourth-order valence-electron chi connectivity index (χ4n) is 0.734. The number of allylic oxidation sites excluding steroid dienone is 5. The van der Waals surface area contributed by atoms with Gasteiger partial charge in [0.05, 0.1) is 0 Å². The first kappa shape index (κ1) is 21.5. The molecule has 0 nitrogen and oxygen atoms in total. The Labute approximate surface area is 111 Å². The van der Waals surface area contributed by atoms with Crippen LogP contribution in [0, 0.1) is 5.92 Å². The average Bonchev–Trinajstić information content (AvgIpc) is 2.37. The van der Waals surface area contributed by atoms with Gasteiger partial charge in [-0.1, -0.05) is 64.0 Å². The summed E-state index contributed by atoms with van der Waals surface area (Å²) in [7, 11) is 0. The molecule has 0 heteroatoms. The standard InChI is InChI=1S/C10H18.C5H10.C2H6/c1-5-7-8-10(4)9(3)6-2;1-4-5(2)3;1-2/h5,7-9H,6H2,1-4H3;2,4H2,1,3H3;1-2H3/b7-5-,10-8+;;. The average molecular weight is 238 g/mol. The summed E-state index contributed by atoms with van der Waals surface area (Å²) < 4.78 is 0. The molecular weight excluding hydrogens is 204 g/mol. The highest BCUT2D eigenvalue weighted by Gasteiger charge is 1.97. The molecule has 0 aliphatic rings. The molecule has 0 aromatic rings. The van der Waals surface area contributed by atoms with E-state index >= 15 is 0 Å². The highest BCUT2D eigenvalue weighted by atomic mass is 14.0. The molecule has 0 aliphatic carbocycles. The van der Waals surface area contributed by atoms with Crippen molar-refractivity contribution in [3.63, 3.8) is 0 Å². The Morgan fingerprint density at radius 3 is 1.82 bits per heavy atom. The van der Waals surface area contributed by atoms with Gasteiger partial charge in [0.2, 0.25) is 0 Å². The van der Waals surface area contributed by atoms with E-state index in [-0.39, 0.29) is 0 Å². The summed E-state index contributed by atoms with van der Waals surface area (Å²) in [6, 6.07) is 0. The van der Waals surface area contributed by atoms with Crippen LogP contribution >= 0.6 is 0 Å². The number of hydrogen-bond donors (Lipinski definition) is 0. The van der Waals surface area contributed by atoms with Crippen LogP contribution in [0.15, 0.2) is 36.0 Å². The van der Waals surface area contributed by atoms with E-state index in [9.17, 15) is 0 Å². The fraction of sp³-hybridized carbons (Fsp3) is 0.647. The molecule has 0 bridgehead atoms. The Kier molecular flexibility index (Phi) is 22.3. The maximum Gasteiger partial charge on any atom is -0.0234 e. The molecule has 0 amide bonds. The van der Waals surface area contributed by atoms with E-state index in [0.29, 0.717) is 0 Å². The summed E-state index contributed by atoms with van der Waals surface area (Å²) in [6.45, 7) is 20.5. The zero-order valence-electron chi connectivity index (χ0n) is 13.4. The maximum atomic E-state index is 3.67. The van der Waals surface area contributed by atoms with E-state index in [1.54, 1.807) is 0 Å². The summed E-state index contributed by atoms with van der Waals surface area (Å²) in [5, 5.41) is 0. The third-order valence-corrected chi connectivity index (χ3v) is 2.54. The van der Waals surface area contributed by atoms with E-state index < -0.39 is 0 Å². The van der Waals surface area contributed by atoms with Gasteiger partial charge < -0.3 is 0 Å². The van der Waals surface area contributed by atoms with E-state index in [2.05, 4.69) is 52.5 Å². The monoisotopic (exact) mass is 238 g/mol. The number of hydrogen-bond acceptors (Lipinski definition) is 0. The fourth-order valence-corrected chi connectivity index (χ4v) is 0.734. The van der Waals surface area contributed by atoms with Gasteiger partial charge >= 0.3 is 0 Å². The Morgan fingerprint density at radius 2 is 1.59 bits per heavy atom. The topological polar surface area (TPSA) is 0 Å². The molecule has 0 heterocycles. The van der Waals surface area contributed by atoms with Crippen LogP contribution in [-0.4, -0.2) is 0 Å². The van der Waals surface area contributed by atoms with Gasteiger partial charge in [-0.15, -0.1) is 6.58 Å². The Hall–Kier alpha value is -0.780. The van der Waals surface area contributed by atoms with Crippen LogP contribution in [0.4, 0.5) is 0 Å². The van der Waals surface area contributed by atoms with Crippen LogP contribution < -0.4 is 0 Å². The predicted octanol–water partition coefficient (Wildman–Crippen LogP) is 6.55. The van der Waals surface area contributed by atoms with Gasteiger partial charge in [-0.3, -0.25) is 0 Å². The lowest BCUT2D eigenvalue weighted by Crippen LogP contribution is -1.92. The van der Waals surface area contributed by atoms with Crippen molar-refractivity contribution in [3.8, 4) is 0 Å². The molecule has 102 valence electrons. The smallest absolute Gasteiger partial charge is 0.0234 e. The molecule has 0 radical (unpaired) electrons. The second kappa shape index (κ2) is 17.6. The summed E-state index contributed by atoms with van der Waals surface area (Å²) >= 11 is 0. The van der Waals surface area contributed by atoms with Crippen molar-refractivity contribution in [2.75, 3.05) is 0 Å². The normalized spacial score (nSPS) is 12.1. The van der Waals surface area contributed by atoms with Crippen molar-refractivity contribution in [2.24, 2.45) is 5.92 Å². The predicted molar refractivity (Wildman–Crippen MR) is 84.5 cm³/mol. The van der Waals surface area contributed by atoms with Gasteiger partial charge in [0.15, 0.2) is 0 Å². The molecule has 0 saturated heterocycles. The van der Waals surface area contributed by atoms with Gasteiger partial charge in [0.1, 0.15) is 0 Å². The van der Waals surface area contributed by atoms with Gasteiger partial charge in [-0.25, -0.2) is 0 Å². The zero-order valence-corrected chi connectivity index (χ0v) is 13.4. The molecule has 0 N–H and O–H groups in total. The molecule has 0 aromatic heterocycles. The Bertz CT molecular complexity index is 206. The van der Waals surface area contributed by atoms with Gasteiger partial charge in [-0.05, 0) is 39.5 Å². The van der Waals surface area contributed by atoms with E-state index in [4.69, 9.17) is 0 Å². The first-order valence-electron chi connectivity index (χ1n) is 6.93. The second-order valence-electron chi connectivity index (χ2n) is 4.06. The summed E-state index contributed by atoms with van der Waals surface area (Å²) in [5.41, 5.74) is 2.73. The molecule has 0 spiro atoms. The van der Waals surface area contributed by atoms with Crippen molar-refractivity contribution < 1.29 is 0 Å². The quantitative estimate of drug-likeness (QED) is 0.384. The zero-order chi connectivity index (χ0) is 14.3. The summed E-state index contributed by atoms with van der Waals surface area (Å²) in [4.78, 5) is 0. The minimum atomic E-state index is 0.733. The largest absolute Gasteiger partial charge is 0.100 e. The first-order chi connectivity index (χ1) is 7.99. The van der Waals surface area contributed by atoms with Crippen LogP contribution in [-0.2, 0) is 0 Å². The van der Waals surface area contributed by atoms with Crippen molar-refractivity contribution in [1.29, 1.82) is 0 Å². The third-order valence-electron chi connectivity index (χ3n) is 2.54. The van der Waals surface area contributed by atoms with Gasteiger partial charge in [0, 0.05) is 0 Å². The molecule has 0 aromatic carbocycles. The van der Waals surface area contributed by atoms with Crippen molar-refractivity contribution in [1.82, 2.24) is 0 Å². The molecule has 0 aliphatic heterocycles. The third kappa shape index (κ3) is 21.1. The van der Waals surface area contributed by atoms with E-state index in [0.717, 1.165) is 12.3 Å². The lowest BCUT2D eigenvalue weighted by Gasteiger charge is -2.06. The summed E-state index contributed by atoms with van der Waals surface area (Å²) in [6.07, 6.45) is 8.70. The van der Waals surface area contributed by atoms with Crippen LogP contribution in [0.3, 0.4) is 0 Å². The number of rotatable bonds is 4. The Morgan fingerprint density at radius 1 is 1.18 bits per heavy atom. The molecule has 1 unspecified atom stereocenters. The highest BCUT2D eigenvalue weighted by molar-refractivity contribution is 5.11. The van der Waals surface area contributed by atoms with E-state index in [1.807, 2.05) is 27.7 Å². The van der Waals surface area contributed by atoms with Crippen LogP contribution in [0.2, 0.25) is 0 Å². The molecule has 17 heavy (non-hydrogen) atoms. The van der Waals surface area contributed by atoms with Crippen molar-refractivity contribution >= 4 is 0 Å². The minimum Gasteiger partial charge on any atom is -0.100 e. The van der Waals surface area contributed by atoms with Crippen LogP contribution in [0.5, 0.6) is 0 Å². The minimum absolute atomic E-state index is 0.733. The Balaban J connectivity index is -0.000000236. The van der Waals surface area contributed by atoms with Crippen molar-refractivity contribution in [2.45, 2.75) is 68.2 Å². The molecule has 1 atom stereocenters. The molecule has 0 saturated carbocycles. The molecule has 0 fully saturated rings. The van der Waals surface area contributed by atoms with Crippen LogP contribution in [0.1, 0.15) is 68.2 Å². The first-order valence-corrected chi connectivity index (χ1v) is 6.93. The lowest BCUT2D eigenvalue weighted by atomic mass is 10.00. The van der Waals surface area contributed by atoms with Gasteiger partial charge in [0.25, 0.3) is 0 Å². The SMILES string of the molecule is C/C=C\C=C(/C)C(C)CC.C=C(C)CC.CC. The lowest BCUT2D eigenvalue weighted by molar-refractivity contribution is 0.655. The molecular formula is C17H34. The van der Waals surface area contributed by atoms with Crippen LogP contribution in [0.25, 0.3) is 0 Å². The second-order valence-corrected chi connectivity index (χ2v) is 4.06. The summed E-state index contributed by atoms with van der Waals surface area (Å²) in [5.74, 6) is 0.733. The maximum absolute atomic E-state index is 3.67. The van der Waals surface area contributed by atoms with E-state index in [1.165, 1.54) is 17.6 Å². The molecule has 0 rings (SSSR count). The van der Waals surface area contributed by atoms with Crippen molar-refractivity contribution in [3.05, 3.63) is 36.0 Å².